The van der Waals surface area contributed by atoms with Gasteiger partial charge in [0.1, 0.15) is 23.3 Å². The number of halogens is 4. The quantitative estimate of drug-likeness (QED) is 0.0365. The standard InChI is InChI=1S/C28H19ClN4O.C26H26ClN3O.C25H25ClN4O.C23H17ClN4O/c29-22-9-8-21-17-33-28(30)23(24(21)16-22)10-3-18-1-6-20(7-2-18)27(34)12-5-19-4-11-25-26(15-19)32-14-13-31-25;27-22-12-11-21-18-29-26(28)23(24(21)17-22)13-8-19-6-9-20(10-7-19)25(31)5-4-16-30-14-2-1-3-15-30;26-21-9-8-20-17-29-24(27)22(23(20)16-21)10-7-18-5-4-6-19(15-18)25(31)28-11-14-30-12-2-1-3-13-30;24-18-7-6-17-12-27-23(25)20(21(17)11-18)9-3-15-1-4-16(5-2-15)22(29)10-8-19-13-26-14-28-19/h1-2,4,6-9,11,13-17H,5,12H2,(H2,30,33);6-7,9-12,17-18H,1-5,14-16H2,(H2,28,29);4-6,8-9,15-17H,1-3,11-14H2,(H2,27,29)(H,28,31);1-2,4-7,11-14H,8,10H2,(H2,25,27)(H,26,28). The summed E-state index contributed by atoms with van der Waals surface area (Å²) < 4.78 is 0. The summed E-state index contributed by atoms with van der Waals surface area (Å²) in [5, 5.41) is 12.7. The second-order valence-corrected chi connectivity index (χ2v) is 31.9. The van der Waals surface area contributed by atoms with Crippen molar-refractivity contribution in [3.63, 3.8) is 0 Å². The molecule has 15 aromatic rings. The number of Topliss-reactive ketones (excluding diaryl/α,β-unsaturated/α-hetero) is 3. The number of carbonyl (C=O) groups is 4. The lowest BCUT2D eigenvalue weighted by atomic mass is 10.0. The van der Waals surface area contributed by atoms with Crippen LogP contribution < -0.4 is 28.3 Å². The fourth-order valence-corrected chi connectivity index (χ4v) is 15.3. The third-order valence-corrected chi connectivity index (χ3v) is 22.4. The molecule has 1 amide bonds. The number of ketones is 3. The number of hydrogen-bond acceptors (Lipinski definition) is 17. The van der Waals surface area contributed by atoms with E-state index in [9.17, 15) is 19.2 Å². The molecule has 8 heterocycles. The van der Waals surface area contributed by atoms with Crippen LogP contribution in [0.5, 0.6) is 0 Å². The zero-order valence-electron chi connectivity index (χ0n) is 68.4. The summed E-state index contributed by atoms with van der Waals surface area (Å²) in [4.78, 5) is 87.4. The van der Waals surface area contributed by atoms with E-state index < -0.39 is 0 Å². The molecule has 0 spiro atoms. The Morgan fingerprint density at radius 3 is 1.20 bits per heavy atom. The smallest absolute Gasteiger partial charge is 0.251 e. The topological polar surface area (TPSA) is 297 Å². The summed E-state index contributed by atoms with van der Waals surface area (Å²) >= 11 is 24.6. The average Bonchev–Trinajstić information content (AvgIpc) is 0.850. The number of pyridine rings is 4. The summed E-state index contributed by atoms with van der Waals surface area (Å²) in [7, 11) is 0. The highest BCUT2D eigenvalue weighted by molar-refractivity contribution is 6.32. The fourth-order valence-electron chi connectivity index (χ4n) is 14.6. The van der Waals surface area contributed by atoms with Crippen molar-refractivity contribution in [1.29, 1.82) is 0 Å². The van der Waals surface area contributed by atoms with E-state index in [2.05, 4.69) is 102 Å². The molecule has 2 aliphatic rings. The van der Waals surface area contributed by atoms with E-state index in [0.717, 1.165) is 126 Å². The van der Waals surface area contributed by atoms with E-state index in [0.29, 0.717) is 121 Å². The number of amides is 1. The van der Waals surface area contributed by atoms with Crippen molar-refractivity contribution >= 4 is 147 Å². The first kappa shape index (κ1) is 87.5. The van der Waals surface area contributed by atoms with Gasteiger partial charge in [-0.2, -0.15) is 0 Å². The Kier molecular flexibility index (Phi) is 30.0. The van der Waals surface area contributed by atoms with Crippen molar-refractivity contribution in [2.75, 3.05) is 68.7 Å². The SMILES string of the molecule is Nc1ncc2ccc(Cl)cc2c1C#Cc1ccc(C(=O)CCCN2CCCCC2)cc1.Nc1ncc2ccc(Cl)cc2c1C#Cc1ccc(C(=O)CCc2ccc3nccnc3c2)cc1.Nc1ncc2ccc(Cl)cc2c1C#Cc1ccc(C(=O)CCc2cnc[nH]2)cc1.Nc1ncc2ccc(Cl)cc2c1C#Cc1cccc(C(=O)NCCN2CCCCC2)c1. The molecule has 0 radical (unpaired) electrons. The van der Waals surface area contributed by atoms with Crippen molar-refractivity contribution in [2.24, 2.45) is 0 Å². The lowest BCUT2D eigenvalue weighted by molar-refractivity contribution is 0.0942. The molecule has 0 unspecified atom stereocenters. The molecule has 19 nitrogen and oxygen atoms in total. The largest absolute Gasteiger partial charge is 0.383 e. The van der Waals surface area contributed by atoms with Crippen molar-refractivity contribution < 1.29 is 19.2 Å². The third kappa shape index (κ3) is 24.1. The van der Waals surface area contributed by atoms with Gasteiger partial charge < -0.3 is 43.0 Å². The maximum atomic E-state index is 12.7. The van der Waals surface area contributed by atoms with Gasteiger partial charge in [0.25, 0.3) is 5.91 Å². The van der Waals surface area contributed by atoms with Gasteiger partial charge in [-0.1, -0.05) is 179 Å². The van der Waals surface area contributed by atoms with Crippen molar-refractivity contribution in [1.82, 2.24) is 55.0 Å². The van der Waals surface area contributed by atoms with Crippen molar-refractivity contribution in [3.8, 4) is 47.4 Å². The number of nitrogen functional groups attached to an aromatic ring is 4. The minimum Gasteiger partial charge on any atom is -0.383 e. The molecule has 0 saturated carbocycles. The second-order valence-electron chi connectivity index (χ2n) is 30.2. The molecule has 125 heavy (non-hydrogen) atoms. The number of imidazole rings is 1. The Morgan fingerprint density at radius 1 is 0.376 bits per heavy atom. The molecule has 2 saturated heterocycles. The number of anilines is 4. The first-order valence-corrected chi connectivity index (χ1v) is 42.7. The number of nitrogens with two attached hydrogens (primary N) is 4. The van der Waals surface area contributed by atoms with Gasteiger partial charge in [0.05, 0.1) is 39.6 Å². The summed E-state index contributed by atoms with van der Waals surface area (Å²) in [5.74, 6) is 26.6. The molecular weight excluding hydrogens is 1640 g/mol. The Labute approximate surface area is 745 Å². The van der Waals surface area contributed by atoms with Crippen LogP contribution in [0.1, 0.15) is 161 Å². The fraction of sp³-hybridized carbons (Fsp3) is 0.186. The molecule has 10 N–H and O–H groups in total. The van der Waals surface area contributed by atoms with Gasteiger partial charge in [0.2, 0.25) is 0 Å². The minimum atomic E-state index is -0.0845. The molecule has 622 valence electrons. The number of benzene rings is 9. The number of nitrogens with zero attached hydrogens (tertiary/aromatic N) is 9. The molecule has 2 aliphatic heterocycles. The van der Waals surface area contributed by atoms with E-state index in [1.165, 1.54) is 51.6 Å². The third-order valence-electron chi connectivity index (χ3n) is 21.4. The number of hydrogen-bond donors (Lipinski definition) is 6. The molecule has 23 heteroatoms. The number of aromatic nitrogens is 8. The van der Waals surface area contributed by atoms with Crippen LogP contribution in [0.3, 0.4) is 0 Å². The van der Waals surface area contributed by atoms with E-state index in [-0.39, 0.29) is 23.3 Å². The highest BCUT2D eigenvalue weighted by atomic mass is 35.5. The van der Waals surface area contributed by atoms with E-state index >= 15 is 0 Å². The molecule has 9 aromatic carbocycles. The predicted molar refractivity (Wildman–Crippen MR) is 504 cm³/mol. The minimum absolute atomic E-state index is 0.0795. The van der Waals surface area contributed by atoms with Gasteiger partial charge in [-0.05, 0) is 198 Å². The highest BCUT2D eigenvalue weighted by Gasteiger charge is 2.17. The molecule has 0 atom stereocenters. The van der Waals surface area contributed by atoms with Gasteiger partial charge in [-0.3, -0.25) is 29.1 Å². The summed E-state index contributed by atoms with van der Waals surface area (Å²) in [6.45, 7) is 7.14. The Hall–Kier alpha value is -13.8. The Balaban J connectivity index is 0.000000136. The number of fused-ring (bicyclic) bond motifs is 5. The first-order chi connectivity index (χ1) is 60.9. The Bertz CT molecular complexity index is 6730. The zero-order chi connectivity index (χ0) is 87.0. The van der Waals surface area contributed by atoms with Crippen LogP contribution in [0.25, 0.3) is 54.1 Å². The van der Waals surface area contributed by atoms with Gasteiger partial charge in [-0.25, -0.2) is 24.9 Å². The second kappa shape index (κ2) is 42.8. The molecule has 17 rings (SSSR count). The van der Waals surface area contributed by atoms with Crippen molar-refractivity contribution in [3.05, 3.63) is 336 Å². The number of aryl methyl sites for hydroxylation is 2. The van der Waals surface area contributed by atoms with Gasteiger partial charge in [-0.15, -0.1) is 0 Å². The zero-order valence-corrected chi connectivity index (χ0v) is 71.5. The number of H-pyrrole nitrogens is 1. The van der Waals surface area contributed by atoms with Crippen LogP contribution in [0.4, 0.5) is 23.3 Å². The number of aromatic amines is 1. The first-order valence-electron chi connectivity index (χ1n) is 41.2. The van der Waals surface area contributed by atoms with Gasteiger partial charge >= 0.3 is 0 Å². The number of rotatable bonds is 17. The Morgan fingerprint density at radius 2 is 0.776 bits per heavy atom. The predicted octanol–water partition coefficient (Wildman–Crippen LogP) is 19.4. The van der Waals surface area contributed by atoms with Crippen LogP contribution >= 0.6 is 46.4 Å². The van der Waals surface area contributed by atoms with Crippen LogP contribution in [0.2, 0.25) is 20.1 Å². The normalized spacial score (nSPS) is 12.4. The summed E-state index contributed by atoms with van der Waals surface area (Å²) in [5.41, 5.74) is 36.3. The van der Waals surface area contributed by atoms with E-state index in [1.807, 2.05) is 146 Å². The lowest BCUT2D eigenvalue weighted by Crippen LogP contribution is -2.37. The number of likely N-dealkylation sites (tertiary alicyclic amines) is 2. The van der Waals surface area contributed by atoms with E-state index in [4.69, 9.17) is 69.3 Å². The van der Waals surface area contributed by atoms with Crippen LogP contribution in [-0.4, -0.2) is 119 Å². The van der Waals surface area contributed by atoms with Gasteiger partial charge in [0.15, 0.2) is 17.3 Å². The number of nitrogens with one attached hydrogen (secondary N) is 2. The van der Waals surface area contributed by atoms with Crippen LogP contribution in [0, 0.1) is 47.4 Å². The molecule has 6 aromatic heterocycles. The molecule has 0 aliphatic carbocycles. The summed E-state index contributed by atoms with van der Waals surface area (Å²) in [6.07, 6.45) is 24.8. The monoisotopic (exact) mass is 1730 g/mol. The molecule has 2 fully saturated rings. The molecular formula is C102H87Cl4N15O4. The highest BCUT2D eigenvalue weighted by Crippen LogP contribution is 2.31. The number of carbonyl (C=O) groups excluding carboxylic acids is 4. The molecule has 0 bridgehead atoms. The lowest BCUT2D eigenvalue weighted by Gasteiger charge is -2.26. The average molecular weight is 1730 g/mol. The van der Waals surface area contributed by atoms with E-state index in [1.54, 1.807) is 92.2 Å². The van der Waals surface area contributed by atoms with Crippen LogP contribution in [0.15, 0.2) is 238 Å². The maximum absolute atomic E-state index is 12.7. The number of piperidine rings is 2. The van der Waals surface area contributed by atoms with Crippen LogP contribution in [-0.2, 0) is 12.8 Å². The van der Waals surface area contributed by atoms with Gasteiger partial charge in [0, 0.05) is 189 Å². The van der Waals surface area contributed by atoms with Crippen molar-refractivity contribution in [2.45, 2.75) is 77.0 Å². The maximum Gasteiger partial charge on any atom is 0.251 e. The summed E-state index contributed by atoms with van der Waals surface area (Å²) in [6, 6.07) is 57.4.